The minimum absolute atomic E-state index is 0.0250. The van der Waals surface area contributed by atoms with E-state index >= 15 is 0 Å². The fraction of sp³-hybridized carbons (Fsp3) is 0.0400. The summed E-state index contributed by atoms with van der Waals surface area (Å²) in [7, 11) is 0. The van der Waals surface area contributed by atoms with Crippen LogP contribution >= 0.6 is 0 Å². The van der Waals surface area contributed by atoms with Gasteiger partial charge in [0.15, 0.2) is 23.0 Å². The molecule has 8 nitrogen and oxygen atoms in total. The number of benzene rings is 5. The van der Waals surface area contributed by atoms with Crippen molar-refractivity contribution in [2.45, 2.75) is 6.18 Å². The number of halogens is 3. The molecule has 0 fully saturated rings. The van der Waals surface area contributed by atoms with Crippen LogP contribution < -0.4 is 0 Å². The van der Waals surface area contributed by atoms with Gasteiger partial charge in [-0.25, -0.2) is 0 Å². The number of fused-ring (bicyclic) bond motifs is 3. The average Bonchev–Trinajstić information content (AvgIpc) is 2.85. The summed E-state index contributed by atoms with van der Waals surface area (Å²) in [6.45, 7) is 0. The van der Waals surface area contributed by atoms with E-state index < -0.39 is 84.8 Å². The van der Waals surface area contributed by atoms with Crippen molar-refractivity contribution in [3.63, 3.8) is 0 Å². The van der Waals surface area contributed by atoms with Crippen LogP contribution in [0, 0.1) is 0 Å². The van der Waals surface area contributed by atoms with Gasteiger partial charge in [0, 0.05) is 27.1 Å². The number of hydrogen-bond donors (Lipinski definition) is 8. The topological polar surface area (TPSA) is 162 Å². The first kappa shape index (κ1) is 22.8. The molecular formula is C25H15F3O8. The lowest BCUT2D eigenvalue weighted by atomic mass is 9.85. The molecule has 0 aliphatic rings. The average molecular weight is 500 g/mol. The monoisotopic (exact) mass is 500 g/mol. The fourth-order valence-corrected chi connectivity index (χ4v) is 4.54. The normalized spacial score (nSPS) is 12.1. The van der Waals surface area contributed by atoms with Crippen LogP contribution in [0.15, 0.2) is 42.5 Å². The van der Waals surface area contributed by atoms with E-state index in [0.717, 1.165) is 0 Å². The highest BCUT2D eigenvalue weighted by Gasteiger charge is 2.42. The van der Waals surface area contributed by atoms with Crippen molar-refractivity contribution in [1.82, 2.24) is 0 Å². The van der Waals surface area contributed by atoms with E-state index in [2.05, 4.69) is 0 Å². The number of aromatic hydroxyl groups is 8. The number of rotatable bonds is 1. The summed E-state index contributed by atoms with van der Waals surface area (Å²) in [5.74, 6) is -11.2. The molecule has 0 unspecified atom stereocenters. The summed E-state index contributed by atoms with van der Waals surface area (Å²) < 4.78 is 43.2. The van der Waals surface area contributed by atoms with Gasteiger partial charge in [0.2, 0.25) is 23.0 Å². The lowest BCUT2D eigenvalue weighted by Gasteiger charge is -2.23. The minimum atomic E-state index is -5.42. The Labute approximate surface area is 198 Å². The molecule has 5 aromatic rings. The maximum atomic E-state index is 14.4. The highest BCUT2D eigenvalue weighted by molar-refractivity contribution is 6.24. The van der Waals surface area contributed by atoms with Crippen LogP contribution in [0.4, 0.5) is 13.2 Å². The molecule has 0 spiro atoms. The molecule has 0 aliphatic heterocycles. The highest BCUT2D eigenvalue weighted by Crippen LogP contribution is 2.62. The molecule has 0 atom stereocenters. The van der Waals surface area contributed by atoms with Crippen molar-refractivity contribution < 1.29 is 54.0 Å². The van der Waals surface area contributed by atoms with Crippen LogP contribution in [-0.4, -0.2) is 40.9 Å². The van der Waals surface area contributed by atoms with Gasteiger partial charge in [0.1, 0.15) is 0 Å². The second-order valence-electron chi connectivity index (χ2n) is 8.10. The minimum Gasteiger partial charge on any atom is -0.504 e. The van der Waals surface area contributed by atoms with Crippen LogP contribution in [0.5, 0.6) is 46.0 Å². The second kappa shape index (κ2) is 7.28. The maximum Gasteiger partial charge on any atom is 0.417 e. The number of alkyl halides is 3. The van der Waals surface area contributed by atoms with Crippen LogP contribution in [0.1, 0.15) is 5.56 Å². The van der Waals surface area contributed by atoms with E-state index in [9.17, 15) is 54.0 Å². The Morgan fingerprint density at radius 3 is 1.33 bits per heavy atom. The lowest BCUT2D eigenvalue weighted by Crippen LogP contribution is -2.08. The molecule has 0 bridgehead atoms. The summed E-state index contributed by atoms with van der Waals surface area (Å²) in [4.78, 5) is 0. The molecule has 0 radical (unpaired) electrons. The van der Waals surface area contributed by atoms with Gasteiger partial charge in [0.25, 0.3) is 0 Å². The Kier molecular flexibility index (Phi) is 4.62. The van der Waals surface area contributed by atoms with E-state index in [1.54, 1.807) is 30.3 Å². The first-order chi connectivity index (χ1) is 16.9. The largest absolute Gasteiger partial charge is 0.504 e. The molecule has 0 saturated carbocycles. The second-order valence-corrected chi connectivity index (χ2v) is 8.10. The maximum absolute atomic E-state index is 14.4. The van der Waals surface area contributed by atoms with Gasteiger partial charge in [0.05, 0.1) is 5.56 Å². The molecule has 0 aliphatic carbocycles. The standard InChI is InChI=1S/C25H15F3O8/c26-25(27,28)16-14-12(17(29)21(33)23(35)19(14)31)11(10-6-5-8-3-1-2-4-9(8)7-10)13-15(16)20(32)24(36)22(34)18(13)30/h1-7,29-36H. The lowest BCUT2D eigenvalue weighted by molar-refractivity contribution is -0.135. The van der Waals surface area contributed by atoms with Crippen LogP contribution in [0.25, 0.3) is 43.4 Å². The Morgan fingerprint density at radius 1 is 0.472 bits per heavy atom. The van der Waals surface area contributed by atoms with Crippen LogP contribution in [0.3, 0.4) is 0 Å². The summed E-state index contributed by atoms with van der Waals surface area (Å²) >= 11 is 0. The Bertz CT molecular complexity index is 1680. The zero-order chi connectivity index (χ0) is 26.3. The smallest absolute Gasteiger partial charge is 0.417 e. The molecule has 0 heterocycles. The van der Waals surface area contributed by atoms with E-state index in [4.69, 9.17) is 0 Å². The fourth-order valence-electron chi connectivity index (χ4n) is 4.54. The Hall–Kier alpha value is -4.93. The third-order valence-corrected chi connectivity index (χ3v) is 6.11. The molecule has 11 heteroatoms. The van der Waals surface area contributed by atoms with Crippen molar-refractivity contribution in [1.29, 1.82) is 0 Å². The van der Waals surface area contributed by atoms with Gasteiger partial charge in [-0.05, 0) is 22.4 Å². The zero-order valence-corrected chi connectivity index (χ0v) is 17.8. The summed E-state index contributed by atoms with van der Waals surface area (Å²) in [6, 6.07) is 11.2. The van der Waals surface area contributed by atoms with Crippen molar-refractivity contribution in [2.75, 3.05) is 0 Å². The van der Waals surface area contributed by atoms with E-state index in [-0.39, 0.29) is 5.56 Å². The summed E-state index contributed by atoms with van der Waals surface area (Å²) in [5, 5.41) is 80.0. The van der Waals surface area contributed by atoms with Gasteiger partial charge in [-0.3, -0.25) is 0 Å². The third kappa shape index (κ3) is 2.89. The van der Waals surface area contributed by atoms with E-state index in [1.165, 1.54) is 12.1 Å². The van der Waals surface area contributed by atoms with Crippen molar-refractivity contribution >= 4 is 32.3 Å². The van der Waals surface area contributed by atoms with Gasteiger partial charge >= 0.3 is 6.18 Å². The molecule has 184 valence electrons. The quantitative estimate of drug-likeness (QED) is 0.0853. The van der Waals surface area contributed by atoms with E-state index in [0.29, 0.717) is 10.8 Å². The predicted molar refractivity (Wildman–Crippen MR) is 123 cm³/mol. The number of phenolic OH excluding ortho intramolecular Hbond substituents is 8. The van der Waals surface area contributed by atoms with Gasteiger partial charge in [-0.15, -0.1) is 0 Å². The first-order valence-corrected chi connectivity index (χ1v) is 10.2. The molecule has 5 aromatic carbocycles. The molecule has 5 rings (SSSR count). The predicted octanol–water partition coefficient (Wildman–Crippen LogP) is 5.48. The SMILES string of the molecule is Oc1c(O)c(O)c2c(C(F)(F)F)c3c(O)c(O)c(O)c(O)c3c(-c3ccc4ccccc4c3)c2c1O. The van der Waals surface area contributed by atoms with Crippen LogP contribution in [0.2, 0.25) is 0 Å². The molecular weight excluding hydrogens is 485 g/mol. The molecule has 0 saturated heterocycles. The van der Waals surface area contributed by atoms with Gasteiger partial charge < -0.3 is 40.9 Å². The summed E-state index contributed by atoms with van der Waals surface area (Å²) in [6.07, 6.45) is -5.42. The van der Waals surface area contributed by atoms with Crippen molar-refractivity contribution in [3.05, 3.63) is 48.0 Å². The number of hydrogen-bond acceptors (Lipinski definition) is 8. The molecule has 0 aromatic heterocycles. The number of phenols is 8. The molecule has 36 heavy (non-hydrogen) atoms. The van der Waals surface area contributed by atoms with E-state index in [1.807, 2.05) is 0 Å². The molecule has 0 amide bonds. The first-order valence-electron chi connectivity index (χ1n) is 10.2. The third-order valence-electron chi connectivity index (χ3n) is 6.11. The van der Waals surface area contributed by atoms with Gasteiger partial charge in [-0.1, -0.05) is 36.4 Å². The summed E-state index contributed by atoms with van der Waals surface area (Å²) in [5.41, 5.74) is -2.29. The van der Waals surface area contributed by atoms with Crippen molar-refractivity contribution in [3.8, 4) is 57.1 Å². The van der Waals surface area contributed by atoms with Gasteiger partial charge in [-0.2, -0.15) is 13.2 Å². The molecule has 8 N–H and O–H groups in total. The highest BCUT2D eigenvalue weighted by atomic mass is 19.4. The Balaban J connectivity index is 2.22. The van der Waals surface area contributed by atoms with Crippen molar-refractivity contribution in [2.24, 2.45) is 0 Å². The zero-order valence-electron chi connectivity index (χ0n) is 17.8. The van der Waals surface area contributed by atoms with Crippen LogP contribution in [-0.2, 0) is 6.18 Å². The Morgan fingerprint density at radius 2 is 0.889 bits per heavy atom.